The first-order valence-corrected chi connectivity index (χ1v) is 10.0. The smallest absolute Gasteiger partial charge is 0.237 e. The number of hydrogen-bond donors (Lipinski definition) is 2. The Labute approximate surface area is 161 Å². The van der Waals surface area contributed by atoms with Gasteiger partial charge in [-0.05, 0) is 42.8 Å². The van der Waals surface area contributed by atoms with Gasteiger partial charge in [-0.2, -0.15) is 0 Å². The molecule has 2 amide bonds. The van der Waals surface area contributed by atoms with Crippen molar-refractivity contribution in [2.45, 2.75) is 24.9 Å². The molecule has 134 valence electrons. The van der Waals surface area contributed by atoms with Crippen LogP contribution in [0.5, 0.6) is 0 Å². The summed E-state index contributed by atoms with van der Waals surface area (Å²) < 4.78 is 0.910. The van der Waals surface area contributed by atoms with Crippen molar-refractivity contribution in [2.75, 3.05) is 10.6 Å². The normalized spacial score (nSPS) is 14.0. The molecule has 7 heteroatoms. The second-order valence-electron chi connectivity index (χ2n) is 5.80. The SMILES string of the molecule is CC(=O)Nc1ccc(NC(=O)[C@@H](C)SC2=Nc3ccccc3CS2)cc1. The second-order valence-corrected chi connectivity index (χ2v) is 8.35. The lowest BCUT2D eigenvalue weighted by Crippen LogP contribution is -2.23. The highest BCUT2D eigenvalue weighted by atomic mass is 32.2. The van der Waals surface area contributed by atoms with E-state index >= 15 is 0 Å². The van der Waals surface area contributed by atoms with E-state index in [1.54, 1.807) is 36.0 Å². The molecule has 3 rings (SSSR count). The fraction of sp³-hybridized carbons (Fsp3) is 0.211. The Morgan fingerprint density at radius 2 is 1.73 bits per heavy atom. The number of fused-ring (bicyclic) bond motifs is 1. The van der Waals surface area contributed by atoms with E-state index in [0.717, 1.165) is 15.8 Å². The Balaban J connectivity index is 1.58. The number of nitrogens with zero attached hydrogens (tertiary/aromatic N) is 1. The molecule has 2 N–H and O–H groups in total. The first-order valence-electron chi connectivity index (χ1n) is 8.16. The van der Waals surface area contributed by atoms with Gasteiger partial charge in [0.1, 0.15) is 4.38 Å². The molecule has 0 saturated carbocycles. The van der Waals surface area contributed by atoms with E-state index in [-0.39, 0.29) is 17.1 Å². The summed E-state index contributed by atoms with van der Waals surface area (Å²) in [5.74, 6) is 0.671. The van der Waals surface area contributed by atoms with E-state index in [9.17, 15) is 9.59 Å². The van der Waals surface area contributed by atoms with Gasteiger partial charge in [0.25, 0.3) is 0 Å². The van der Waals surface area contributed by atoms with Crippen molar-refractivity contribution in [3.8, 4) is 0 Å². The van der Waals surface area contributed by atoms with Crippen molar-refractivity contribution in [1.29, 1.82) is 0 Å². The zero-order valence-electron chi connectivity index (χ0n) is 14.5. The summed E-state index contributed by atoms with van der Waals surface area (Å²) >= 11 is 3.13. The van der Waals surface area contributed by atoms with Crippen molar-refractivity contribution in [3.05, 3.63) is 54.1 Å². The lowest BCUT2D eigenvalue weighted by molar-refractivity contribution is -0.115. The highest BCUT2D eigenvalue weighted by Gasteiger charge is 2.20. The van der Waals surface area contributed by atoms with Crippen LogP contribution in [0.3, 0.4) is 0 Å². The third-order valence-corrected chi connectivity index (χ3v) is 5.97. The molecule has 1 aliphatic rings. The minimum absolute atomic E-state index is 0.0792. The highest BCUT2D eigenvalue weighted by molar-refractivity contribution is 8.39. The molecule has 1 aliphatic heterocycles. The number of amides is 2. The molecule has 0 saturated heterocycles. The van der Waals surface area contributed by atoms with Crippen LogP contribution in [0.1, 0.15) is 19.4 Å². The lowest BCUT2D eigenvalue weighted by atomic mass is 10.2. The van der Waals surface area contributed by atoms with Gasteiger partial charge in [0, 0.05) is 24.1 Å². The van der Waals surface area contributed by atoms with Crippen LogP contribution in [0.2, 0.25) is 0 Å². The number of aliphatic imine (C=N–C) groups is 1. The topological polar surface area (TPSA) is 70.6 Å². The third kappa shape index (κ3) is 4.89. The van der Waals surface area contributed by atoms with Crippen LogP contribution in [-0.2, 0) is 15.3 Å². The molecule has 0 radical (unpaired) electrons. The summed E-state index contributed by atoms with van der Waals surface area (Å²) in [6.45, 7) is 3.33. The maximum Gasteiger partial charge on any atom is 0.237 e. The summed E-state index contributed by atoms with van der Waals surface area (Å²) in [5, 5.41) is 5.33. The highest BCUT2D eigenvalue weighted by Crippen LogP contribution is 2.35. The molecule has 2 aromatic carbocycles. The van der Waals surface area contributed by atoms with Gasteiger partial charge < -0.3 is 10.6 Å². The Morgan fingerprint density at radius 3 is 2.42 bits per heavy atom. The molecule has 0 spiro atoms. The van der Waals surface area contributed by atoms with E-state index in [0.29, 0.717) is 11.4 Å². The molecule has 1 atom stereocenters. The van der Waals surface area contributed by atoms with Gasteiger partial charge in [-0.1, -0.05) is 41.7 Å². The molecule has 0 bridgehead atoms. The average Bonchev–Trinajstić information content (AvgIpc) is 2.62. The minimum atomic E-state index is -0.262. The second kappa shape index (κ2) is 8.42. The number of anilines is 2. The molecule has 2 aromatic rings. The number of hydrogen-bond acceptors (Lipinski definition) is 5. The number of benzene rings is 2. The van der Waals surface area contributed by atoms with E-state index in [2.05, 4.69) is 21.7 Å². The molecular weight excluding hydrogens is 366 g/mol. The predicted molar refractivity (Wildman–Crippen MR) is 111 cm³/mol. The van der Waals surface area contributed by atoms with E-state index in [1.165, 1.54) is 24.2 Å². The predicted octanol–water partition coefficient (Wildman–Crippen LogP) is 4.64. The van der Waals surface area contributed by atoms with Gasteiger partial charge in [-0.3, -0.25) is 9.59 Å². The largest absolute Gasteiger partial charge is 0.326 e. The van der Waals surface area contributed by atoms with E-state index in [4.69, 9.17) is 0 Å². The van der Waals surface area contributed by atoms with Crippen molar-refractivity contribution >= 4 is 56.8 Å². The molecular formula is C19H19N3O2S2. The van der Waals surface area contributed by atoms with Crippen molar-refractivity contribution in [1.82, 2.24) is 0 Å². The summed E-state index contributed by atoms with van der Waals surface area (Å²) in [5.41, 5.74) is 3.60. The maximum absolute atomic E-state index is 12.4. The summed E-state index contributed by atoms with van der Waals surface area (Å²) in [6, 6.07) is 15.1. The van der Waals surface area contributed by atoms with Crippen molar-refractivity contribution in [2.24, 2.45) is 4.99 Å². The molecule has 0 unspecified atom stereocenters. The molecule has 0 fully saturated rings. The Bertz CT molecular complexity index is 850. The Hall–Kier alpha value is -2.25. The molecule has 26 heavy (non-hydrogen) atoms. The number of thioether (sulfide) groups is 2. The zero-order chi connectivity index (χ0) is 18.5. The van der Waals surface area contributed by atoms with Gasteiger partial charge >= 0.3 is 0 Å². The van der Waals surface area contributed by atoms with Crippen LogP contribution in [-0.4, -0.2) is 21.4 Å². The first kappa shape index (κ1) is 18.5. The monoisotopic (exact) mass is 385 g/mol. The number of para-hydroxylation sites is 1. The fourth-order valence-electron chi connectivity index (χ4n) is 2.36. The number of carbonyl (C=O) groups is 2. The van der Waals surface area contributed by atoms with Crippen LogP contribution < -0.4 is 10.6 Å². The minimum Gasteiger partial charge on any atom is -0.326 e. The molecule has 1 heterocycles. The quantitative estimate of drug-likeness (QED) is 0.804. The van der Waals surface area contributed by atoms with Crippen LogP contribution in [0.25, 0.3) is 0 Å². The van der Waals surface area contributed by atoms with Crippen LogP contribution in [0.4, 0.5) is 17.1 Å². The Kier molecular flexibility index (Phi) is 6.00. The summed E-state index contributed by atoms with van der Waals surface area (Å²) in [4.78, 5) is 28.1. The first-order chi connectivity index (χ1) is 12.5. The standard InChI is InChI=1S/C19H19N3O2S2/c1-12(26-19-22-17-6-4-3-5-14(17)11-25-19)18(24)21-16-9-7-15(8-10-16)20-13(2)23/h3-10,12H,11H2,1-2H3,(H,20,23)(H,21,24)/t12-/m1/s1. The average molecular weight is 386 g/mol. The lowest BCUT2D eigenvalue weighted by Gasteiger charge is -2.17. The number of rotatable bonds is 4. The summed E-state index contributed by atoms with van der Waals surface area (Å²) in [7, 11) is 0. The summed E-state index contributed by atoms with van der Waals surface area (Å²) in [6.07, 6.45) is 0. The number of carbonyl (C=O) groups excluding carboxylic acids is 2. The van der Waals surface area contributed by atoms with Gasteiger partial charge in [-0.25, -0.2) is 4.99 Å². The van der Waals surface area contributed by atoms with Gasteiger partial charge in [0.05, 0.1) is 10.9 Å². The van der Waals surface area contributed by atoms with Crippen molar-refractivity contribution in [3.63, 3.8) is 0 Å². The van der Waals surface area contributed by atoms with E-state index in [1.807, 2.05) is 25.1 Å². The van der Waals surface area contributed by atoms with Crippen LogP contribution in [0, 0.1) is 0 Å². The van der Waals surface area contributed by atoms with Crippen LogP contribution >= 0.6 is 23.5 Å². The Morgan fingerprint density at radius 1 is 1.08 bits per heavy atom. The van der Waals surface area contributed by atoms with Crippen molar-refractivity contribution < 1.29 is 9.59 Å². The fourth-order valence-corrected chi connectivity index (χ4v) is 4.55. The van der Waals surface area contributed by atoms with Crippen LogP contribution in [0.15, 0.2) is 53.5 Å². The molecule has 5 nitrogen and oxygen atoms in total. The number of nitrogens with one attached hydrogen (secondary N) is 2. The van der Waals surface area contributed by atoms with Gasteiger partial charge in [-0.15, -0.1) is 0 Å². The molecule has 0 aliphatic carbocycles. The van der Waals surface area contributed by atoms with Gasteiger partial charge in [0.2, 0.25) is 11.8 Å². The zero-order valence-corrected chi connectivity index (χ0v) is 16.1. The van der Waals surface area contributed by atoms with Gasteiger partial charge in [0.15, 0.2) is 0 Å². The third-order valence-electron chi connectivity index (χ3n) is 3.67. The van der Waals surface area contributed by atoms with E-state index < -0.39 is 0 Å². The maximum atomic E-state index is 12.4. The molecule has 0 aromatic heterocycles.